The highest BCUT2D eigenvalue weighted by molar-refractivity contribution is 7.89. The summed E-state index contributed by atoms with van der Waals surface area (Å²) in [6, 6.07) is 2.32. The summed E-state index contributed by atoms with van der Waals surface area (Å²) in [6.45, 7) is 1.79. The molecule has 0 heterocycles. The number of benzene rings is 1. The van der Waals surface area contributed by atoms with Gasteiger partial charge in [0.25, 0.3) is 0 Å². The van der Waals surface area contributed by atoms with Crippen LogP contribution in [0.5, 0.6) is 0 Å². The molecule has 7 heteroatoms. The maximum atomic E-state index is 13.4. The van der Waals surface area contributed by atoms with Crippen molar-refractivity contribution in [1.29, 1.82) is 0 Å². The zero-order valence-corrected chi connectivity index (χ0v) is 10.7. The molecule has 1 aromatic rings. The molecule has 0 atom stereocenters. The van der Waals surface area contributed by atoms with Gasteiger partial charge in [-0.3, -0.25) is 0 Å². The Morgan fingerprint density at radius 3 is 2.53 bits per heavy atom. The predicted octanol–water partition coefficient (Wildman–Crippen LogP) is 2.21. The normalized spacial score (nSPS) is 12.1. The minimum Gasteiger partial charge on any atom is -0.207 e. The molecule has 1 rings (SSSR count). The van der Waals surface area contributed by atoms with E-state index in [1.807, 2.05) is 0 Å². The molecule has 0 amide bonds. The lowest BCUT2D eigenvalue weighted by molar-refractivity contribution is 0.440. The van der Waals surface area contributed by atoms with Gasteiger partial charge in [0.1, 0.15) is 16.5 Å². The van der Waals surface area contributed by atoms with E-state index in [1.54, 1.807) is 6.92 Å². The Morgan fingerprint density at radius 1 is 1.35 bits per heavy atom. The lowest BCUT2D eigenvalue weighted by Crippen LogP contribution is -2.33. The summed E-state index contributed by atoms with van der Waals surface area (Å²) in [5, 5.41) is 0. The lowest BCUT2D eigenvalue weighted by atomic mass is 10.3. The number of rotatable bonds is 5. The van der Waals surface area contributed by atoms with Crippen LogP contribution < -0.4 is 0 Å². The van der Waals surface area contributed by atoms with E-state index in [1.165, 1.54) is 0 Å². The molecule has 0 saturated carbocycles. The number of alkyl halides is 1. The van der Waals surface area contributed by atoms with E-state index in [0.717, 1.165) is 16.4 Å². The highest BCUT2D eigenvalue weighted by Crippen LogP contribution is 2.20. The van der Waals surface area contributed by atoms with Crippen LogP contribution in [0.4, 0.5) is 8.78 Å². The van der Waals surface area contributed by atoms with Crippen LogP contribution in [0.1, 0.15) is 6.92 Å². The number of hydrogen-bond donors (Lipinski definition) is 0. The first-order valence-electron chi connectivity index (χ1n) is 4.94. The highest BCUT2D eigenvalue weighted by atomic mass is 35.5. The van der Waals surface area contributed by atoms with Crippen molar-refractivity contribution in [3.05, 3.63) is 29.8 Å². The van der Waals surface area contributed by atoms with Gasteiger partial charge in [-0.15, -0.1) is 11.6 Å². The van der Waals surface area contributed by atoms with Crippen LogP contribution in [0, 0.1) is 11.6 Å². The van der Waals surface area contributed by atoms with E-state index in [2.05, 4.69) is 0 Å². The quantitative estimate of drug-likeness (QED) is 0.777. The van der Waals surface area contributed by atoms with Gasteiger partial charge in [0.05, 0.1) is 0 Å². The summed E-state index contributed by atoms with van der Waals surface area (Å²) in [7, 11) is -4.03. The molecule has 1 aromatic carbocycles. The average molecular weight is 284 g/mol. The Hall–Kier alpha value is -0.720. The summed E-state index contributed by atoms with van der Waals surface area (Å²) >= 11 is 5.47. The third-order valence-corrected chi connectivity index (χ3v) is 4.36. The number of sulfonamides is 1. The van der Waals surface area contributed by atoms with Crippen LogP contribution in [0.3, 0.4) is 0 Å². The molecule has 0 radical (unpaired) electrons. The van der Waals surface area contributed by atoms with Crippen molar-refractivity contribution in [1.82, 2.24) is 4.31 Å². The third kappa shape index (κ3) is 3.14. The molecular formula is C10H12ClF2NO2S. The van der Waals surface area contributed by atoms with Gasteiger partial charge in [0.2, 0.25) is 10.0 Å². The molecular weight excluding hydrogens is 272 g/mol. The average Bonchev–Trinajstić information content (AvgIpc) is 2.28. The van der Waals surface area contributed by atoms with E-state index in [-0.39, 0.29) is 19.0 Å². The van der Waals surface area contributed by atoms with Gasteiger partial charge in [-0.05, 0) is 18.2 Å². The first-order valence-corrected chi connectivity index (χ1v) is 6.92. The van der Waals surface area contributed by atoms with Crippen molar-refractivity contribution in [2.24, 2.45) is 0 Å². The van der Waals surface area contributed by atoms with E-state index >= 15 is 0 Å². The smallest absolute Gasteiger partial charge is 0.207 e. The molecule has 0 fully saturated rings. The fraction of sp³-hybridized carbons (Fsp3) is 0.400. The number of halogens is 3. The summed E-state index contributed by atoms with van der Waals surface area (Å²) in [4.78, 5) is -0.663. The minimum atomic E-state index is -4.03. The van der Waals surface area contributed by atoms with Gasteiger partial charge in [0, 0.05) is 19.0 Å². The second kappa shape index (κ2) is 5.75. The fourth-order valence-corrected chi connectivity index (χ4v) is 3.19. The predicted molar refractivity (Wildman–Crippen MR) is 61.5 cm³/mol. The Labute approximate surface area is 104 Å². The van der Waals surface area contributed by atoms with Crippen LogP contribution in [-0.4, -0.2) is 31.7 Å². The maximum absolute atomic E-state index is 13.4. The summed E-state index contributed by atoms with van der Waals surface area (Å²) in [6.07, 6.45) is 0. The largest absolute Gasteiger partial charge is 0.246 e. The summed E-state index contributed by atoms with van der Waals surface area (Å²) in [5.74, 6) is -1.68. The lowest BCUT2D eigenvalue weighted by Gasteiger charge is -2.19. The van der Waals surface area contributed by atoms with Crippen molar-refractivity contribution in [3.8, 4) is 0 Å². The molecule has 3 nitrogen and oxygen atoms in total. The van der Waals surface area contributed by atoms with E-state index in [0.29, 0.717) is 6.07 Å². The Kier molecular flexibility index (Phi) is 4.85. The van der Waals surface area contributed by atoms with Gasteiger partial charge < -0.3 is 0 Å². The molecule has 17 heavy (non-hydrogen) atoms. The zero-order chi connectivity index (χ0) is 13.1. The van der Waals surface area contributed by atoms with Crippen LogP contribution in [0.2, 0.25) is 0 Å². The zero-order valence-electron chi connectivity index (χ0n) is 9.16. The van der Waals surface area contributed by atoms with Crippen molar-refractivity contribution in [2.45, 2.75) is 11.8 Å². The molecule has 0 spiro atoms. The topological polar surface area (TPSA) is 37.4 Å². The maximum Gasteiger partial charge on any atom is 0.246 e. The molecule has 0 aliphatic carbocycles. The van der Waals surface area contributed by atoms with E-state index in [9.17, 15) is 17.2 Å². The molecule has 96 valence electrons. The van der Waals surface area contributed by atoms with Gasteiger partial charge >= 0.3 is 0 Å². The summed E-state index contributed by atoms with van der Waals surface area (Å²) < 4.78 is 51.3. The molecule has 0 N–H and O–H groups in total. The van der Waals surface area contributed by atoms with Gasteiger partial charge in [-0.1, -0.05) is 6.92 Å². The second-order valence-electron chi connectivity index (χ2n) is 3.26. The standard InChI is InChI=1S/C10H12ClF2NO2S/c1-2-14(6-5-11)17(15,16)10-7-8(12)3-4-9(10)13/h3-4,7H,2,5-6H2,1H3. The fourth-order valence-electron chi connectivity index (χ4n) is 1.36. The van der Waals surface area contributed by atoms with E-state index in [4.69, 9.17) is 11.6 Å². The molecule has 0 aliphatic heterocycles. The first-order chi connectivity index (χ1) is 7.93. The van der Waals surface area contributed by atoms with Crippen LogP contribution in [0.25, 0.3) is 0 Å². The van der Waals surface area contributed by atoms with Gasteiger partial charge in [-0.25, -0.2) is 17.2 Å². The molecule has 0 unspecified atom stereocenters. The Morgan fingerprint density at radius 2 is 2.00 bits per heavy atom. The molecule has 0 aliphatic rings. The minimum absolute atomic E-state index is 0.0519. The van der Waals surface area contributed by atoms with Crippen LogP contribution >= 0.6 is 11.6 Å². The summed E-state index contributed by atoms with van der Waals surface area (Å²) in [5.41, 5.74) is 0. The van der Waals surface area contributed by atoms with E-state index < -0.39 is 26.6 Å². The molecule has 0 saturated heterocycles. The van der Waals surface area contributed by atoms with Crippen molar-refractivity contribution < 1.29 is 17.2 Å². The van der Waals surface area contributed by atoms with Crippen LogP contribution in [-0.2, 0) is 10.0 Å². The monoisotopic (exact) mass is 283 g/mol. The van der Waals surface area contributed by atoms with Crippen molar-refractivity contribution >= 4 is 21.6 Å². The van der Waals surface area contributed by atoms with Crippen LogP contribution in [0.15, 0.2) is 23.1 Å². The molecule has 0 bridgehead atoms. The Balaban J connectivity index is 3.24. The Bertz CT molecular complexity index is 493. The van der Waals surface area contributed by atoms with Gasteiger partial charge in [-0.2, -0.15) is 4.31 Å². The molecule has 0 aromatic heterocycles. The third-order valence-electron chi connectivity index (χ3n) is 2.20. The van der Waals surface area contributed by atoms with Gasteiger partial charge in [0.15, 0.2) is 0 Å². The van der Waals surface area contributed by atoms with Crippen molar-refractivity contribution in [2.75, 3.05) is 19.0 Å². The first kappa shape index (κ1) is 14.3. The second-order valence-corrected chi connectivity index (χ2v) is 5.54. The number of nitrogens with zero attached hydrogens (tertiary/aromatic N) is 1. The highest BCUT2D eigenvalue weighted by Gasteiger charge is 2.26. The van der Waals surface area contributed by atoms with Crippen molar-refractivity contribution in [3.63, 3.8) is 0 Å². The SMILES string of the molecule is CCN(CCCl)S(=O)(=O)c1cc(F)ccc1F. The number of hydrogen-bond acceptors (Lipinski definition) is 2.